The first-order valence-corrected chi connectivity index (χ1v) is 7.04. The van der Waals surface area contributed by atoms with E-state index in [9.17, 15) is 9.59 Å². The highest BCUT2D eigenvalue weighted by atomic mass is 16.2. The van der Waals surface area contributed by atoms with Gasteiger partial charge < -0.3 is 16.0 Å². The van der Waals surface area contributed by atoms with Crippen molar-refractivity contribution in [2.45, 2.75) is 32.2 Å². The summed E-state index contributed by atoms with van der Waals surface area (Å²) in [6, 6.07) is 6.44. The SMILES string of the molecule is C[C@@H](N)C(=O)Nc1cccc(C(=O)N2CCCCC2)c1. The van der Waals surface area contributed by atoms with E-state index in [0.717, 1.165) is 25.9 Å². The van der Waals surface area contributed by atoms with Gasteiger partial charge in [-0.15, -0.1) is 0 Å². The van der Waals surface area contributed by atoms with Crippen molar-refractivity contribution >= 4 is 17.5 Å². The third kappa shape index (κ3) is 3.57. The zero-order chi connectivity index (χ0) is 14.5. The van der Waals surface area contributed by atoms with Crippen LogP contribution >= 0.6 is 0 Å². The Morgan fingerprint density at radius 3 is 2.60 bits per heavy atom. The van der Waals surface area contributed by atoms with Crippen LogP contribution < -0.4 is 11.1 Å². The minimum absolute atomic E-state index is 0.0293. The number of hydrogen-bond donors (Lipinski definition) is 2. The molecule has 1 aromatic rings. The molecule has 1 aliphatic rings. The third-order valence-corrected chi connectivity index (χ3v) is 3.43. The molecular weight excluding hydrogens is 254 g/mol. The largest absolute Gasteiger partial charge is 0.339 e. The summed E-state index contributed by atoms with van der Waals surface area (Å²) >= 11 is 0. The number of rotatable bonds is 3. The highest BCUT2D eigenvalue weighted by molar-refractivity contribution is 5.98. The molecule has 0 radical (unpaired) electrons. The van der Waals surface area contributed by atoms with Crippen molar-refractivity contribution in [3.8, 4) is 0 Å². The van der Waals surface area contributed by atoms with Crippen molar-refractivity contribution in [3.63, 3.8) is 0 Å². The molecule has 1 saturated heterocycles. The van der Waals surface area contributed by atoms with E-state index < -0.39 is 6.04 Å². The molecule has 108 valence electrons. The molecule has 0 saturated carbocycles. The molecule has 5 nitrogen and oxygen atoms in total. The number of nitrogens with two attached hydrogens (primary N) is 1. The highest BCUT2D eigenvalue weighted by Crippen LogP contribution is 2.16. The predicted molar refractivity (Wildman–Crippen MR) is 78.5 cm³/mol. The first kappa shape index (κ1) is 14.5. The van der Waals surface area contributed by atoms with E-state index in [1.165, 1.54) is 6.42 Å². The lowest BCUT2D eigenvalue weighted by Gasteiger charge is -2.26. The van der Waals surface area contributed by atoms with Gasteiger partial charge in [0.15, 0.2) is 0 Å². The molecule has 1 aromatic carbocycles. The molecule has 3 N–H and O–H groups in total. The maximum Gasteiger partial charge on any atom is 0.253 e. The molecule has 0 unspecified atom stereocenters. The topological polar surface area (TPSA) is 75.4 Å². The van der Waals surface area contributed by atoms with Crippen LogP contribution in [0.3, 0.4) is 0 Å². The van der Waals surface area contributed by atoms with E-state index in [4.69, 9.17) is 5.73 Å². The molecule has 0 spiro atoms. The summed E-state index contributed by atoms with van der Waals surface area (Å²) in [4.78, 5) is 25.8. The number of amides is 2. The van der Waals surface area contributed by atoms with Gasteiger partial charge in [0, 0.05) is 24.3 Å². The van der Waals surface area contributed by atoms with Crippen LogP contribution in [0.1, 0.15) is 36.5 Å². The summed E-state index contributed by atoms with van der Waals surface area (Å²) in [6.07, 6.45) is 3.31. The molecule has 1 heterocycles. The van der Waals surface area contributed by atoms with Gasteiger partial charge in [0.25, 0.3) is 5.91 Å². The molecule has 5 heteroatoms. The molecular formula is C15H21N3O2. The van der Waals surface area contributed by atoms with E-state index in [2.05, 4.69) is 5.32 Å². The van der Waals surface area contributed by atoms with Gasteiger partial charge in [0.2, 0.25) is 5.91 Å². The molecule has 1 aliphatic heterocycles. The summed E-state index contributed by atoms with van der Waals surface area (Å²) in [7, 11) is 0. The van der Waals surface area contributed by atoms with Crippen LogP contribution in [0.4, 0.5) is 5.69 Å². The second-order valence-electron chi connectivity index (χ2n) is 5.21. The lowest BCUT2D eigenvalue weighted by molar-refractivity contribution is -0.117. The van der Waals surface area contributed by atoms with E-state index in [-0.39, 0.29) is 11.8 Å². The van der Waals surface area contributed by atoms with Gasteiger partial charge in [-0.1, -0.05) is 6.07 Å². The molecule has 0 aliphatic carbocycles. The minimum atomic E-state index is -0.573. The van der Waals surface area contributed by atoms with Crippen LogP contribution in [0, 0.1) is 0 Å². The normalized spacial score (nSPS) is 16.6. The molecule has 2 rings (SSSR count). The molecule has 0 bridgehead atoms. The van der Waals surface area contributed by atoms with Crippen LogP contribution in [0.2, 0.25) is 0 Å². The van der Waals surface area contributed by atoms with Gasteiger partial charge in [-0.2, -0.15) is 0 Å². The zero-order valence-corrected chi connectivity index (χ0v) is 11.8. The Kier molecular flexibility index (Phi) is 4.74. The lowest BCUT2D eigenvalue weighted by Crippen LogP contribution is -2.35. The molecule has 2 amide bonds. The second kappa shape index (κ2) is 6.52. The van der Waals surface area contributed by atoms with E-state index in [1.54, 1.807) is 31.2 Å². The number of piperidine rings is 1. The van der Waals surface area contributed by atoms with Gasteiger partial charge >= 0.3 is 0 Å². The number of nitrogens with one attached hydrogen (secondary N) is 1. The van der Waals surface area contributed by atoms with Crippen LogP contribution in [-0.4, -0.2) is 35.8 Å². The van der Waals surface area contributed by atoms with E-state index in [1.807, 2.05) is 4.90 Å². The summed E-state index contributed by atoms with van der Waals surface area (Å²) in [5.41, 5.74) is 6.72. The number of benzene rings is 1. The average Bonchev–Trinajstić information content (AvgIpc) is 2.47. The smallest absolute Gasteiger partial charge is 0.253 e. The van der Waals surface area contributed by atoms with Crippen molar-refractivity contribution in [3.05, 3.63) is 29.8 Å². The first-order valence-electron chi connectivity index (χ1n) is 7.04. The summed E-state index contributed by atoms with van der Waals surface area (Å²) < 4.78 is 0. The number of carbonyl (C=O) groups excluding carboxylic acids is 2. The van der Waals surface area contributed by atoms with Crippen LogP contribution in [0.25, 0.3) is 0 Å². The van der Waals surface area contributed by atoms with Gasteiger partial charge in [-0.05, 0) is 44.4 Å². The fraction of sp³-hybridized carbons (Fsp3) is 0.467. The third-order valence-electron chi connectivity index (χ3n) is 3.43. The molecule has 1 fully saturated rings. The van der Waals surface area contributed by atoms with E-state index >= 15 is 0 Å². The first-order chi connectivity index (χ1) is 9.58. The number of nitrogens with zero attached hydrogens (tertiary/aromatic N) is 1. The van der Waals surface area contributed by atoms with Gasteiger partial charge in [0.05, 0.1) is 6.04 Å². The summed E-state index contributed by atoms with van der Waals surface area (Å²) in [6.45, 7) is 3.25. The Bertz CT molecular complexity index is 494. The van der Waals surface area contributed by atoms with Crippen LogP contribution in [0.5, 0.6) is 0 Å². The summed E-state index contributed by atoms with van der Waals surface area (Å²) in [5, 5.41) is 2.70. The Balaban J connectivity index is 2.08. The van der Waals surface area contributed by atoms with Gasteiger partial charge in [-0.25, -0.2) is 0 Å². The number of likely N-dealkylation sites (tertiary alicyclic amines) is 1. The maximum atomic E-state index is 12.4. The van der Waals surface area contributed by atoms with Crippen molar-refractivity contribution in [2.75, 3.05) is 18.4 Å². The van der Waals surface area contributed by atoms with Crippen molar-refractivity contribution in [1.82, 2.24) is 4.90 Å². The second-order valence-corrected chi connectivity index (χ2v) is 5.21. The standard InChI is InChI=1S/C15H21N3O2/c1-11(16)14(19)17-13-7-5-6-12(10-13)15(20)18-8-3-2-4-9-18/h5-7,10-11H,2-4,8-9,16H2,1H3,(H,17,19)/t11-/m1/s1. The minimum Gasteiger partial charge on any atom is -0.339 e. The van der Waals surface area contributed by atoms with Crippen LogP contribution in [0.15, 0.2) is 24.3 Å². The number of carbonyl (C=O) groups is 2. The zero-order valence-electron chi connectivity index (χ0n) is 11.8. The molecule has 0 aromatic heterocycles. The van der Waals surface area contributed by atoms with Crippen molar-refractivity contribution < 1.29 is 9.59 Å². The Morgan fingerprint density at radius 2 is 1.95 bits per heavy atom. The van der Waals surface area contributed by atoms with Crippen molar-refractivity contribution in [2.24, 2.45) is 5.73 Å². The predicted octanol–water partition coefficient (Wildman–Crippen LogP) is 1.60. The van der Waals surface area contributed by atoms with E-state index in [0.29, 0.717) is 11.3 Å². The Hall–Kier alpha value is -1.88. The monoisotopic (exact) mass is 275 g/mol. The number of anilines is 1. The van der Waals surface area contributed by atoms with Crippen molar-refractivity contribution in [1.29, 1.82) is 0 Å². The fourth-order valence-corrected chi connectivity index (χ4v) is 2.27. The number of hydrogen-bond acceptors (Lipinski definition) is 3. The lowest BCUT2D eigenvalue weighted by atomic mass is 10.1. The summed E-state index contributed by atoms with van der Waals surface area (Å²) in [5.74, 6) is -0.228. The Labute approximate surface area is 119 Å². The molecule has 1 atom stereocenters. The quantitative estimate of drug-likeness (QED) is 0.879. The molecule has 20 heavy (non-hydrogen) atoms. The Morgan fingerprint density at radius 1 is 1.25 bits per heavy atom. The van der Waals surface area contributed by atoms with Gasteiger partial charge in [-0.3, -0.25) is 9.59 Å². The maximum absolute atomic E-state index is 12.4. The average molecular weight is 275 g/mol. The highest BCUT2D eigenvalue weighted by Gasteiger charge is 2.18. The van der Waals surface area contributed by atoms with Crippen LogP contribution in [-0.2, 0) is 4.79 Å². The fourth-order valence-electron chi connectivity index (χ4n) is 2.27. The van der Waals surface area contributed by atoms with Gasteiger partial charge in [0.1, 0.15) is 0 Å².